The van der Waals surface area contributed by atoms with E-state index in [1.165, 1.54) is 11.6 Å². The van der Waals surface area contributed by atoms with Gasteiger partial charge in [-0.05, 0) is 31.2 Å². The van der Waals surface area contributed by atoms with E-state index in [2.05, 4.69) is 31.0 Å². The smallest absolute Gasteiger partial charge is 0.318 e. The number of carbonyl (C=O) groups is 2. The lowest BCUT2D eigenvalue weighted by atomic mass is 10.2. The van der Waals surface area contributed by atoms with E-state index in [0.717, 1.165) is 5.69 Å². The maximum atomic E-state index is 12.3. The maximum Gasteiger partial charge on any atom is 0.318 e. The third kappa shape index (κ3) is 3.14. The second-order valence-corrected chi connectivity index (χ2v) is 4.97. The molecule has 1 aromatic carbocycles. The third-order valence-corrected chi connectivity index (χ3v) is 3.24. The zero-order valence-corrected chi connectivity index (χ0v) is 13.1. The largest absolute Gasteiger partial charge is 0.341 e. The van der Waals surface area contributed by atoms with Gasteiger partial charge >= 0.3 is 6.03 Å². The number of nitrogens with zero attached hydrogens (tertiary/aromatic N) is 4. The highest BCUT2D eigenvalue weighted by atomic mass is 16.2. The van der Waals surface area contributed by atoms with E-state index >= 15 is 0 Å². The van der Waals surface area contributed by atoms with Crippen molar-refractivity contribution >= 4 is 29.1 Å². The van der Waals surface area contributed by atoms with Crippen LogP contribution in [0.3, 0.4) is 0 Å². The fourth-order valence-corrected chi connectivity index (χ4v) is 2.06. The van der Waals surface area contributed by atoms with Crippen molar-refractivity contribution in [1.82, 2.24) is 24.9 Å². The first-order valence-electron chi connectivity index (χ1n) is 7.15. The van der Waals surface area contributed by atoms with Crippen LogP contribution in [-0.4, -0.2) is 38.6 Å². The molecule has 0 aliphatic rings. The SMILES string of the molecule is CNC(=O)Nc1cccc(NC(=O)c2nc3nccc(C)n3n2)c1. The fraction of sp³-hybridized carbons (Fsp3) is 0.133. The predicted molar refractivity (Wildman–Crippen MR) is 88.0 cm³/mol. The van der Waals surface area contributed by atoms with Gasteiger partial charge in [-0.1, -0.05) is 6.07 Å². The number of anilines is 2. The van der Waals surface area contributed by atoms with Crippen LogP contribution in [0.5, 0.6) is 0 Å². The molecule has 0 unspecified atom stereocenters. The summed E-state index contributed by atoms with van der Waals surface area (Å²) in [4.78, 5) is 31.8. The summed E-state index contributed by atoms with van der Waals surface area (Å²) >= 11 is 0. The molecule has 0 aliphatic heterocycles. The molecule has 0 aliphatic carbocycles. The quantitative estimate of drug-likeness (QED) is 0.674. The number of benzene rings is 1. The number of hydrogen-bond acceptors (Lipinski definition) is 5. The molecule has 0 spiro atoms. The Labute approximate surface area is 137 Å². The molecule has 9 nitrogen and oxygen atoms in total. The van der Waals surface area contributed by atoms with Gasteiger partial charge in [0.25, 0.3) is 11.7 Å². The van der Waals surface area contributed by atoms with E-state index in [0.29, 0.717) is 17.2 Å². The molecule has 0 saturated carbocycles. The van der Waals surface area contributed by atoms with E-state index in [1.54, 1.807) is 36.5 Å². The second-order valence-electron chi connectivity index (χ2n) is 4.97. The Bertz CT molecular complexity index is 919. The summed E-state index contributed by atoms with van der Waals surface area (Å²) in [5.41, 5.74) is 1.88. The molecule has 3 aromatic rings. The predicted octanol–water partition coefficient (Wildman–Crippen LogP) is 1.44. The topological polar surface area (TPSA) is 113 Å². The molecule has 0 bridgehead atoms. The summed E-state index contributed by atoms with van der Waals surface area (Å²) < 4.78 is 1.50. The summed E-state index contributed by atoms with van der Waals surface area (Å²) in [6.45, 7) is 1.85. The first-order valence-corrected chi connectivity index (χ1v) is 7.15. The summed E-state index contributed by atoms with van der Waals surface area (Å²) in [5, 5.41) is 11.9. The summed E-state index contributed by atoms with van der Waals surface area (Å²) in [7, 11) is 1.52. The molecule has 0 radical (unpaired) electrons. The highest BCUT2D eigenvalue weighted by molar-refractivity contribution is 6.02. The van der Waals surface area contributed by atoms with Crippen LogP contribution in [0, 0.1) is 6.92 Å². The van der Waals surface area contributed by atoms with Crippen LogP contribution in [0.4, 0.5) is 16.2 Å². The number of aromatic nitrogens is 4. The van der Waals surface area contributed by atoms with Crippen molar-refractivity contribution < 1.29 is 9.59 Å². The van der Waals surface area contributed by atoms with Crippen molar-refractivity contribution in [3.63, 3.8) is 0 Å². The Morgan fingerprint density at radius 3 is 2.58 bits per heavy atom. The van der Waals surface area contributed by atoms with Gasteiger partial charge in [0.05, 0.1) is 0 Å². The number of carbonyl (C=O) groups excluding carboxylic acids is 2. The lowest BCUT2D eigenvalue weighted by Crippen LogP contribution is -2.24. The lowest BCUT2D eigenvalue weighted by molar-refractivity contribution is 0.101. The summed E-state index contributed by atoms with van der Waals surface area (Å²) in [6, 6.07) is 8.18. The molecule has 9 heteroatoms. The van der Waals surface area contributed by atoms with Gasteiger partial charge in [-0.2, -0.15) is 4.98 Å². The Morgan fingerprint density at radius 2 is 1.88 bits per heavy atom. The number of nitrogens with one attached hydrogen (secondary N) is 3. The molecule has 2 heterocycles. The number of aryl methyl sites for hydroxylation is 1. The molecule has 122 valence electrons. The molecule has 24 heavy (non-hydrogen) atoms. The number of hydrogen-bond donors (Lipinski definition) is 3. The van der Waals surface area contributed by atoms with E-state index in [-0.39, 0.29) is 11.9 Å². The van der Waals surface area contributed by atoms with Gasteiger partial charge in [-0.15, -0.1) is 5.10 Å². The summed E-state index contributed by atoms with van der Waals surface area (Å²) in [6.07, 6.45) is 1.61. The highest BCUT2D eigenvalue weighted by Crippen LogP contribution is 2.15. The third-order valence-electron chi connectivity index (χ3n) is 3.24. The summed E-state index contributed by atoms with van der Waals surface area (Å²) in [5.74, 6) is -0.0892. The van der Waals surface area contributed by atoms with Gasteiger partial charge in [0.15, 0.2) is 0 Å². The Morgan fingerprint density at radius 1 is 1.12 bits per heavy atom. The molecule has 0 fully saturated rings. The van der Waals surface area contributed by atoms with E-state index < -0.39 is 5.91 Å². The molecule has 3 rings (SSSR count). The number of rotatable bonds is 3. The van der Waals surface area contributed by atoms with Gasteiger partial charge in [0.2, 0.25) is 5.82 Å². The van der Waals surface area contributed by atoms with Crippen molar-refractivity contribution in [2.45, 2.75) is 6.92 Å². The van der Waals surface area contributed by atoms with Crippen LogP contribution in [0.15, 0.2) is 36.5 Å². The van der Waals surface area contributed by atoms with E-state index in [4.69, 9.17) is 0 Å². The first-order chi connectivity index (χ1) is 11.6. The number of fused-ring (bicyclic) bond motifs is 1. The highest BCUT2D eigenvalue weighted by Gasteiger charge is 2.14. The lowest BCUT2D eigenvalue weighted by Gasteiger charge is -2.07. The standard InChI is InChI=1S/C15H15N7O2/c1-9-6-7-17-14-20-12(21-22(9)14)13(23)18-10-4-3-5-11(8-10)19-15(24)16-2/h3-8H,1-2H3,(H,18,23)(H2,16,19,24). The zero-order valence-electron chi connectivity index (χ0n) is 13.1. The second kappa shape index (κ2) is 6.32. The Hall–Kier alpha value is -3.49. The van der Waals surface area contributed by atoms with Crippen LogP contribution in [0.2, 0.25) is 0 Å². The maximum absolute atomic E-state index is 12.3. The number of amides is 3. The normalized spacial score (nSPS) is 10.4. The van der Waals surface area contributed by atoms with E-state index in [1.807, 2.05) is 6.92 Å². The van der Waals surface area contributed by atoms with Crippen LogP contribution in [0.1, 0.15) is 16.3 Å². The minimum absolute atomic E-state index is 0.0152. The van der Waals surface area contributed by atoms with Crippen LogP contribution < -0.4 is 16.0 Å². The van der Waals surface area contributed by atoms with Gasteiger partial charge < -0.3 is 16.0 Å². The van der Waals surface area contributed by atoms with Crippen molar-refractivity contribution in [3.05, 3.63) is 48.0 Å². The van der Waals surface area contributed by atoms with Crippen molar-refractivity contribution in [2.24, 2.45) is 0 Å². The van der Waals surface area contributed by atoms with Crippen molar-refractivity contribution in [2.75, 3.05) is 17.7 Å². The zero-order chi connectivity index (χ0) is 17.1. The minimum atomic E-state index is -0.461. The van der Waals surface area contributed by atoms with Gasteiger partial charge in [-0.25, -0.2) is 14.3 Å². The molecule has 3 amide bonds. The van der Waals surface area contributed by atoms with Gasteiger partial charge in [0, 0.05) is 30.3 Å². The molecular formula is C15H15N7O2. The average Bonchev–Trinajstić information content (AvgIpc) is 3.01. The fourth-order valence-electron chi connectivity index (χ4n) is 2.06. The van der Waals surface area contributed by atoms with Gasteiger partial charge in [0.1, 0.15) is 0 Å². The number of urea groups is 1. The van der Waals surface area contributed by atoms with Gasteiger partial charge in [-0.3, -0.25) is 4.79 Å². The molecule has 0 atom stereocenters. The molecule has 0 saturated heterocycles. The van der Waals surface area contributed by atoms with E-state index in [9.17, 15) is 9.59 Å². The molecule has 3 N–H and O–H groups in total. The average molecular weight is 325 g/mol. The monoisotopic (exact) mass is 325 g/mol. The minimum Gasteiger partial charge on any atom is -0.341 e. The Kier molecular flexibility index (Phi) is 4.06. The van der Waals surface area contributed by atoms with Crippen molar-refractivity contribution in [3.8, 4) is 0 Å². The molecular weight excluding hydrogens is 310 g/mol. The van der Waals surface area contributed by atoms with Crippen LogP contribution >= 0.6 is 0 Å². The van der Waals surface area contributed by atoms with Crippen molar-refractivity contribution in [1.29, 1.82) is 0 Å². The molecule has 2 aromatic heterocycles. The van der Waals surface area contributed by atoms with Crippen LogP contribution in [0.25, 0.3) is 5.78 Å². The first kappa shape index (κ1) is 15.4. The van der Waals surface area contributed by atoms with Crippen LogP contribution in [-0.2, 0) is 0 Å². The Balaban J connectivity index is 1.79.